The van der Waals surface area contributed by atoms with Gasteiger partial charge in [-0.3, -0.25) is 9.59 Å². The first-order valence-electron chi connectivity index (χ1n) is 8.71. The minimum absolute atomic E-state index is 0.106. The van der Waals surface area contributed by atoms with Crippen LogP contribution in [-0.2, 0) is 9.53 Å². The zero-order valence-electron chi connectivity index (χ0n) is 15.7. The number of ether oxygens (including phenoxy) is 2. The van der Waals surface area contributed by atoms with Gasteiger partial charge in [0.05, 0.1) is 18.2 Å². The number of nitrogens with one attached hydrogen (secondary N) is 1. The van der Waals surface area contributed by atoms with Gasteiger partial charge in [-0.15, -0.1) is 0 Å². The molecule has 0 fully saturated rings. The maximum atomic E-state index is 12.3. The number of carbonyl (C=O) groups excluding carboxylic acids is 3. The van der Waals surface area contributed by atoms with Gasteiger partial charge in [0, 0.05) is 12.5 Å². The van der Waals surface area contributed by atoms with Crippen molar-refractivity contribution < 1.29 is 23.9 Å². The third-order valence-electron chi connectivity index (χ3n) is 3.89. The number of rotatable bonds is 8. The van der Waals surface area contributed by atoms with Gasteiger partial charge in [-0.25, -0.2) is 4.79 Å². The summed E-state index contributed by atoms with van der Waals surface area (Å²) in [5.74, 6) is -0.172. The summed E-state index contributed by atoms with van der Waals surface area (Å²) in [7, 11) is 0. The Kier molecular flexibility index (Phi) is 7.11. The summed E-state index contributed by atoms with van der Waals surface area (Å²) in [6.07, 6.45) is 0. The Bertz CT molecular complexity index is 796. The summed E-state index contributed by atoms with van der Waals surface area (Å²) in [4.78, 5) is 35.0. The molecule has 142 valence electrons. The largest absolute Gasteiger partial charge is 0.485 e. The minimum atomic E-state index is -0.395. The zero-order valence-corrected chi connectivity index (χ0v) is 15.7. The average Bonchev–Trinajstić information content (AvgIpc) is 2.66. The monoisotopic (exact) mass is 369 g/mol. The molecule has 2 aromatic carbocycles. The fraction of sp³-hybridized carbons (Fsp3) is 0.286. The summed E-state index contributed by atoms with van der Waals surface area (Å²) in [5.41, 5.74) is 1.87. The Morgan fingerprint density at radius 2 is 1.56 bits per heavy atom. The van der Waals surface area contributed by atoms with Crippen molar-refractivity contribution in [3.63, 3.8) is 0 Å². The zero-order chi connectivity index (χ0) is 19.8. The van der Waals surface area contributed by atoms with Crippen molar-refractivity contribution in [3.8, 4) is 5.75 Å². The third-order valence-corrected chi connectivity index (χ3v) is 3.89. The van der Waals surface area contributed by atoms with Crippen LogP contribution in [0.5, 0.6) is 5.75 Å². The average molecular weight is 369 g/mol. The number of esters is 1. The SMILES string of the molecule is CCOC(=O)c1ccc(OCC(=O)c2ccc(C(C)NC(C)=O)cc2)cc1. The number of Topliss-reactive ketones (excluding diaryl/α,β-unsaturated/α-hetero) is 1. The predicted octanol–water partition coefficient (Wildman–Crippen LogP) is 3.32. The quantitative estimate of drug-likeness (QED) is 0.570. The molecule has 0 bridgehead atoms. The van der Waals surface area contributed by atoms with Gasteiger partial charge < -0.3 is 14.8 Å². The molecule has 0 heterocycles. The number of benzene rings is 2. The van der Waals surface area contributed by atoms with E-state index < -0.39 is 5.97 Å². The number of amides is 1. The Hall–Kier alpha value is -3.15. The third kappa shape index (κ3) is 5.95. The number of ketones is 1. The van der Waals surface area contributed by atoms with Crippen LogP contribution in [0.15, 0.2) is 48.5 Å². The van der Waals surface area contributed by atoms with Crippen molar-refractivity contribution in [1.82, 2.24) is 5.32 Å². The molecular formula is C21H23NO5. The molecule has 1 amide bonds. The first kappa shape index (κ1) is 20.2. The highest BCUT2D eigenvalue weighted by Crippen LogP contribution is 2.16. The van der Waals surface area contributed by atoms with E-state index in [-0.39, 0.29) is 24.3 Å². The second-order valence-corrected chi connectivity index (χ2v) is 6.00. The van der Waals surface area contributed by atoms with Crippen LogP contribution < -0.4 is 10.1 Å². The van der Waals surface area contributed by atoms with E-state index in [1.165, 1.54) is 6.92 Å². The fourth-order valence-electron chi connectivity index (χ4n) is 2.48. The molecule has 0 aromatic heterocycles. The lowest BCUT2D eigenvalue weighted by Gasteiger charge is -2.13. The molecule has 0 radical (unpaired) electrons. The number of hydrogen-bond acceptors (Lipinski definition) is 5. The van der Waals surface area contributed by atoms with Crippen LogP contribution in [0.2, 0.25) is 0 Å². The number of carbonyl (C=O) groups is 3. The van der Waals surface area contributed by atoms with E-state index in [4.69, 9.17) is 9.47 Å². The van der Waals surface area contributed by atoms with Gasteiger partial charge >= 0.3 is 5.97 Å². The fourth-order valence-corrected chi connectivity index (χ4v) is 2.48. The van der Waals surface area contributed by atoms with Crippen molar-refractivity contribution >= 4 is 17.7 Å². The van der Waals surface area contributed by atoms with Crippen molar-refractivity contribution in [2.45, 2.75) is 26.8 Å². The first-order valence-corrected chi connectivity index (χ1v) is 8.71. The van der Waals surface area contributed by atoms with Crippen LogP contribution in [-0.4, -0.2) is 30.9 Å². The summed E-state index contributed by atoms with van der Waals surface area (Å²) < 4.78 is 10.4. The van der Waals surface area contributed by atoms with E-state index >= 15 is 0 Å². The van der Waals surface area contributed by atoms with E-state index in [0.717, 1.165) is 5.56 Å². The molecule has 6 nitrogen and oxygen atoms in total. The highest BCUT2D eigenvalue weighted by Gasteiger charge is 2.11. The predicted molar refractivity (Wildman–Crippen MR) is 101 cm³/mol. The van der Waals surface area contributed by atoms with Gasteiger partial charge in [0.2, 0.25) is 5.91 Å². The molecule has 6 heteroatoms. The van der Waals surface area contributed by atoms with Crippen LogP contribution in [0, 0.1) is 0 Å². The molecule has 1 atom stereocenters. The lowest BCUT2D eigenvalue weighted by atomic mass is 10.0. The summed E-state index contributed by atoms with van der Waals surface area (Å²) in [6, 6.07) is 13.3. The molecule has 0 aliphatic rings. The van der Waals surface area contributed by atoms with Crippen molar-refractivity contribution in [1.29, 1.82) is 0 Å². The van der Waals surface area contributed by atoms with Gasteiger partial charge in [-0.1, -0.05) is 24.3 Å². The van der Waals surface area contributed by atoms with Crippen LogP contribution in [0.25, 0.3) is 0 Å². The normalized spacial score (nSPS) is 11.4. The Morgan fingerprint density at radius 3 is 2.11 bits per heavy atom. The maximum Gasteiger partial charge on any atom is 0.338 e. The number of hydrogen-bond donors (Lipinski definition) is 1. The summed E-state index contributed by atoms with van der Waals surface area (Å²) >= 11 is 0. The van der Waals surface area contributed by atoms with Gasteiger partial charge in [0.25, 0.3) is 0 Å². The standard InChI is InChI=1S/C21H23NO5/c1-4-26-21(25)18-9-11-19(12-10-18)27-13-20(24)17-7-5-16(6-8-17)14(2)22-15(3)23/h5-12,14H,4,13H2,1-3H3,(H,22,23). The van der Waals surface area contributed by atoms with Gasteiger partial charge in [0.1, 0.15) is 5.75 Å². The van der Waals surface area contributed by atoms with E-state index in [1.54, 1.807) is 43.3 Å². The van der Waals surface area contributed by atoms with E-state index in [9.17, 15) is 14.4 Å². The van der Waals surface area contributed by atoms with Crippen molar-refractivity contribution in [3.05, 3.63) is 65.2 Å². The van der Waals surface area contributed by atoms with Crippen molar-refractivity contribution in [2.24, 2.45) is 0 Å². The molecular weight excluding hydrogens is 346 g/mol. The Labute approximate surface area is 158 Å². The smallest absolute Gasteiger partial charge is 0.338 e. The minimum Gasteiger partial charge on any atom is -0.485 e. The van der Waals surface area contributed by atoms with Crippen molar-refractivity contribution in [2.75, 3.05) is 13.2 Å². The topological polar surface area (TPSA) is 81.7 Å². The van der Waals surface area contributed by atoms with Gasteiger partial charge in [-0.2, -0.15) is 0 Å². The molecule has 0 aliphatic heterocycles. The van der Waals surface area contributed by atoms with E-state index in [0.29, 0.717) is 23.5 Å². The summed E-state index contributed by atoms with van der Waals surface area (Å²) in [6.45, 7) is 5.29. The van der Waals surface area contributed by atoms with Crippen LogP contribution in [0.3, 0.4) is 0 Å². The second-order valence-electron chi connectivity index (χ2n) is 6.00. The second kappa shape index (κ2) is 9.52. The van der Waals surface area contributed by atoms with Crippen LogP contribution >= 0.6 is 0 Å². The highest BCUT2D eigenvalue weighted by atomic mass is 16.5. The molecule has 27 heavy (non-hydrogen) atoms. The van der Waals surface area contributed by atoms with Crippen LogP contribution in [0.4, 0.5) is 0 Å². The summed E-state index contributed by atoms with van der Waals surface area (Å²) in [5, 5.41) is 2.79. The highest BCUT2D eigenvalue weighted by molar-refractivity contribution is 5.97. The molecule has 0 spiro atoms. The van der Waals surface area contributed by atoms with E-state index in [1.807, 2.05) is 19.1 Å². The lowest BCUT2D eigenvalue weighted by Crippen LogP contribution is -2.23. The van der Waals surface area contributed by atoms with E-state index in [2.05, 4.69) is 5.32 Å². The molecule has 2 aromatic rings. The Balaban J connectivity index is 1.91. The molecule has 0 saturated carbocycles. The van der Waals surface area contributed by atoms with Gasteiger partial charge in [0.15, 0.2) is 12.4 Å². The maximum absolute atomic E-state index is 12.3. The molecule has 0 saturated heterocycles. The Morgan fingerprint density at radius 1 is 0.963 bits per heavy atom. The molecule has 2 rings (SSSR count). The lowest BCUT2D eigenvalue weighted by molar-refractivity contribution is -0.119. The first-order chi connectivity index (χ1) is 12.9. The van der Waals surface area contributed by atoms with Crippen LogP contribution in [0.1, 0.15) is 53.1 Å². The molecule has 1 unspecified atom stereocenters. The molecule has 1 N–H and O–H groups in total. The molecule has 0 aliphatic carbocycles. The van der Waals surface area contributed by atoms with Gasteiger partial charge in [-0.05, 0) is 43.7 Å².